The zero-order valence-corrected chi connectivity index (χ0v) is 8.42. The van der Waals surface area contributed by atoms with Gasteiger partial charge < -0.3 is 5.32 Å². The van der Waals surface area contributed by atoms with Gasteiger partial charge in [0.25, 0.3) is 0 Å². The third kappa shape index (κ3) is 3.54. The first-order valence-electron chi connectivity index (χ1n) is 4.64. The van der Waals surface area contributed by atoms with Crippen molar-refractivity contribution in [3.05, 3.63) is 48.0 Å². The van der Waals surface area contributed by atoms with E-state index in [-0.39, 0.29) is 5.78 Å². The molecule has 2 nitrogen and oxygen atoms in total. The van der Waals surface area contributed by atoms with Crippen molar-refractivity contribution in [1.29, 1.82) is 0 Å². The molecule has 0 spiro atoms. The lowest BCUT2D eigenvalue weighted by Crippen LogP contribution is -2.20. The van der Waals surface area contributed by atoms with Crippen molar-refractivity contribution in [3.63, 3.8) is 0 Å². The lowest BCUT2D eigenvalue weighted by Gasteiger charge is -2.02. The van der Waals surface area contributed by atoms with Crippen molar-refractivity contribution in [2.75, 3.05) is 6.54 Å². The lowest BCUT2D eigenvalue weighted by atomic mass is 10.1. The first-order chi connectivity index (χ1) is 6.72. The van der Waals surface area contributed by atoms with Crippen LogP contribution < -0.4 is 5.32 Å². The molecule has 0 radical (unpaired) electrons. The van der Waals surface area contributed by atoms with Gasteiger partial charge in [-0.2, -0.15) is 0 Å². The molecule has 0 saturated carbocycles. The van der Waals surface area contributed by atoms with Gasteiger partial charge in [0.2, 0.25) is 0 Å². The van der Waals surface area contributed by atoms with Gasteiger partial charge in [-0.25, -0.2) is 0 Å². The SMILES string of the molecule is C=CC(=O)CNCc1ccc(C)cc1. The van der Waals surface area contributed by atoms with E-state index in [9.17, 15) is 4.79 Å². The maximum absolute atomic E-state index is 10.9. The Hall–Kier alpha value is -1.41. The summed E-state index contributed by atoms with van der Waals surface area (Å²) in [7, 11) is 0. The van der Waals surface area contributed by atoms with Gasteiger partial charge in [0.15, 0.2) is 5.78 Å². The Morgan fingerprint density at radius 3 is 2.64 bits per heavy atom. The van der Waals surface area contributed by atoms with Crippen LogP contribution in [0.5, 0.6) is 0 Å². The predicted octanol–water partition coefficient (Wildman–Crippen LogP) is 1.84. The summed E-state index contributed by atoms with van der Waals surface area (Å²) in [6.45, 7) is 6.54. The number of rotatable bonds is 5. The van der Waals surface area contributed by atoms with E-state index in [0.29, 0.717) is 6.54 Å². The number of hydrogen-bond donors (Lipinski definition) is 1. The number of carbonyl (C=O) groups excluding carboxylic acids is 1. The second-order valence-electron chi connectivity index (χ2n) is 3.26. The van der Waals surface area contributed by atoms with E-state index >= 15 is 0 Å². The van der Waals surface area contributed by atoms with E-state index in [1.54, 1.807) is 0 Å². The summed E-state index contributed by atoms with van der Waals surface area (Å²) in [5.41, 5.74) is 2.43. The van der Waals surface area contributed by atoms with E-state index in [0.717, 1.165) is 6.54 Å². The summed E-state index contributed by atoms with van der Waals surface area (Å²) in [5, 5.41) is 3.05. The smallest absolute Gasteiger partial charge is 0.168 e. The maximum Gasteiger partial charge on any atom is 0.168 e. The monoisotopic (exact) mass is 189 g/mol. The molecule has 0 heterocycles. The van der Waals surface area contributed by atoms with Crippen molar-refractivity contribution in [3.8, 4) is 0 Å². The molecule has 74 valence electrons. The Kier molecular flexibility index (Phi) is 4.08. The summed E-state index contributed by atoms with van der Waals surface area (Å²) in [4.78, 5) is 10.9. The van der Waals surface area contributed by atoms with Crippen LogP contribution in [0.3, 0.4) is 0 Å². The topological polar surface area (TPSA) is 29.1 Å². The minimum absolute atomic E-state index is 0.0251. The molecule has 0 fully saturated rings. The fraction of sp³-hybridized carbons (Fsp3) is 0.250. The Morgan fingerprint density at radius 1 is 1.43 bits per heavy atom. The third-order valence-electron chi connectivity index (χ3n) is 1.98. The molecule has 1 N–H and O–H groups in total. The van der Waals surface area contributed by atoms with Gasteiger partial charge >= 0.3 is 0 Å². The molecule has 0 unspecified atom stereocenters. The molecule has 14 heavy (non-hydrogen) atoms. The van der Waals surface area contributed by atoms with Crippen molar-refractivity contribution >= 4 is 5.78 Å². The molecule has 0 aliphatic heterocycles. The minimum Gasteiger partial charge on any atom is -0.306 e. The largest absolute Gasteiger partial charge is 0.306 e. The summed E-state index contributed by atoms with van der Waals surface area (Å²) < 4.78 is 0. The Morgan fingerprint density at radius 2 is 2.07 bits per heavy atom. The molecule has 1 aromatic rings. The first-order valence-corrected chi connectivity index (χ1v) is 4.64. The van der Waals surface area contributed by atoms with E-state index in [1.165, 1.54) is 17.2 Å². The fourth-order valence-corrected chi connectivity index (χ4v) is 1.11. The van der Waals surface area contributed by atoms with Crippen LogP contribution in [-0.4, -0.2) is 12.3 Å². The van der Waals surface area contributed by atoms with Crippen LogP contribution in [0.1, 0.15) is 11.1 Å². The zero-order valence-electron chi connectivity index (χ0n) is 8.42. The van der Waals surface area contributed by atoms with Crippen LogP contribution in [0.2, 0.25) is 0 Å². The molecule has 0 aromatic heterocycles. The number of carbonyl (C=O) groups is 1. The molecule has 1 rings (SSSR count). The summed E-state index contributed by atoms with van der Waals surface area (Å²) in [6.07, 6.45) is 1.34. The average Bonchev–Trinajstić information content (AvgIpc) is 2.21. The van der Waals surface area contributed by atoms with Crippen LogP contribution in [0, 0.1) is 6.92 Å². The molecule has 0 atom stereocenters. The van der Waals surface area contributed by atoms with E-state index in [2.05, 4.69) is 43.1 Å². The fourth-order valence-electron chi connectivity index (χ4n) is 1.11. The highest BCUT2D eigenvalue weighted by Crippen LogP contribution is 2.01. The van der Waals surface area contributed by atoms with E-state index in [1.807, 2.05) is 0 Å². The first kappa shape index (κ1) is 10.7. The second kappa shape index (κ2) is 5.35. The molecule has 1 aromatic carbocycles. The van der Waals surface area contributed by atoms with Crippen LogP contribution in [0.15, 0.2) is 36.9 Å². The summed E-state index contributed by atoms with van der Waals surface area (Å²) in [5.74, 6) is 0.0251. The normalized spacial score (nSPS) is 9.79. The standard InChI is InChI=1S/C12H15NO/c1-3-12(14)9-13-8-11-6-4-10(2)5-7-11/h3-7,13H,1,8-9H2,2H3. The average molecular weight is 189 g/mol. The van der Waals surface area contributed by atoms with Gasteiger partial charge in [0.05, 0.1) is 6.54 Å². The maximum atomic E-state index is 10.9. The minimum atomic E-state index is 0.0251. The number of aryl methyl sites for hydroxylation is 1. The zero-order chi connectivity index (χ0) is 10.4. The molecular weight excluding hydrogens is 174 g/mol. The Labute approximate surface area is 84.6 Å². The highest BCUT2D eigenvalue weighted by molar-refractivity contribution is 5.90. The molecule has 2 heteroatoms. The molecule has 0 amide bonds. The molecule has 0 aliphatic rings. The summed E-state index contributed by atoms with van der Waals surface area (Å²) in [6, 6.07) is 8.24. The number of ketones is 1. The number of nitrogens with one attached hydrogen (secondary N) is 1. The van der Waals surface area contributed by atoms with Crippen LogP contribution in [-0.2, 0) is 11.3 Å². The highest BCUT2D eigenvalue weighted by Gasteiger charge is 1.95. The van der Waals surface area contributed by atoms with E-state index in [4.69, 9.17) is 0 Å². The van der Waals surface area contributed by atoms with Crippen LogP contribution in [0.4, 0.5) is 0 Å². The van der Waals surface area contributed by atoms with E-state index < -0.39 is 0 Å². The molecular formula is C12H15NO. The molecule has 0 bridgehead atoms. The van der Waals surface area contributed by atoms with Gasteiger partial charge in [0, 0.05) is 6.54 Å². The van der Waals surface area contributed by atoms with Crippen LogP contribution >= 0.6 is 0 Å². The van der Waals surface area contributed by atoms with Gasteiger partial charge in [-0.15, -0.1) is 0 Å². The predicted molar refractivity (Wildman–Crippen MR) is 58.1 cm³/mol. The quantitative estimate of drug-likeness (QED) is 0.716. The van der Waals surface area contributed by atoms with Crippen LogP contribution in [0.25, 0.3) is 0 Å². The Bertz CT molecular complexity index is 314. The molecule has 0 saturated heterocycles. The third-order valence-corrected chi connectivity index (χ3v) is 1.98. The van der Waals surface area contributed by atoms with Gasteiger partial charge in [-0.1, -0.05) is 36.4 Å². The highest BCUT2D eigenvalue weighted by atomic mass is 16.1. The second-order valence-corrected chi connectivity index (χ2v) is 3.26. The van der Waals surface area contributed by atoms with Crippen molar-refractivity contribution in [2.45, 2.75) is 13.5 Å². The van der Waals surface area contributed by atoms with Crippen molar-refractivity contribution in [1.82, 2.24) is 5.32 Å². The molecule has 0 aliphatic carbocycles. The van der Waals surface area contributed by atoms with Crippen molar-refractivity contribution < 1.29 is 4.79 Å². The summed E-state index contributed by atoms with van der Waals surface area (Å²) >= 11 is 0. The van der Waals surface area contributed by atoms with Crippen molar-refractivity contribution in [2.24, 2.45) is 0 Å². The number of benzene rings is 1. The van der Waals surface area contributed by atoms with Gasteiger partial charge in [-0.3, -0.25) is 4.79 Å². The lowest BCUT2D eigenvalue weighted by molar-refractivity contribution is -0.113. The van der Waals surface area contributed by atoms with Gasteiger partial charge in [0.1, 0.15) is 0 Å². The number of hydrogen-bond acceptors (Lipinski definition) is 2. The van der Waals surface area contributed by atoms with Gasteiger partial charge in [-0.05, 0) is 18.6 Å². The Balaban J connectivity index is 2.35.